The zero-order valence-electron chi connectivity index (χ0n) is 9.98. The van der Waals surface area contributed by atoms with Crippen molar-refractivity contribution >= 4 is 45.8 Å². The van der Waals surface area contributed by atoms with E-state index >= 15 is 0 Å². The van der Waals surface area contributed by atoms with E-state index in [0.29, 0.717) is 0 Å². The molecule has 9 heteroatoms. The van der Waals surface area contributed by atoms with Crippen molar-refractivity contribution in [3.8, 4) is 0 Å². The number of carbonyl (C=O) groups excluding carboxylic acids is 2. The van der Waals surface area contributed by atoms with Crippen LogP contribution >= 0.6 is 22.6 Å². The van der Waals surface area contributed by atoms with E-state index in [1.807, 2.05) is 0 Å². The summed E-state index contributed by atoms with van der Waals surface area (Å²) >= 11 is 1.65. The first-order valence-electron chi connectivity index (χ1n) is 5.62. The fourth-order valence-electron chi connectivity index (χ4n) is 1.82. The normalized spacial score (nSPS) is 18.6. The van der Waals surface area contributed by atoms with Gasteiger partial charge in [0.25, 0.3) is 5.69 Å². The first-order chi connectivity index (χ1) is 9.38. The second-order valence-electron chi connectivity index (χ2n) is 4.19. The van der Waals surface area contributed by atoms with Crippen molar-refractivity contribution in [2.45, 2.75) is 18.9 Å². The van der Waals surface area contributed by atoms with Gasteiger partial charge in [-0.1, -0.05) is 0 Å². The molecule has 20 heavy (non-hydrogen) atoms. The van der Waals surface area contributed by atoms with Crippen LogP contribution in [0.15, 0.2) is 12.1 Å². The van der Waals surface area contributed by atoms with E-state index < -0.39 is 28.6 Å². The third-order valence-electron chi connectivity index (χ3n) is 2.80. The van der Waals surface area contributed by atoms with Crippen LogP contribution in [-0.4, -0.2) is 22.8 Å². The van der Waals surface area contributed by atoms with Crippen LogP contribution < -0.4 is 10.6 Å². The summed E-state index contributed by atoms with van der Waals surface area (Å²) in [7, 11) is 0. The number of nitro benzene ring substituents is 1. The van der Waals surface area contributed by atoms with Crippen LogP contribution in [0.3, 0.4) is 0 Å². The predicted molar refractivity (Wildman–Crippen MR) is 75.6 cm³/mol. The van der Waals surface area contributed by atoms with Crippen molar-refractivity contribution in [2.75, 3.05) is 5.32 Å². The Labute approximate surface area is 126 Å². The summed E-state index contributed by atoms with van der Waals surface area (Å²) in [5, 5.41) is 15.7. The van der Waals surface area contributed by atoms with Gasteiger partial charge in [0.15, 0.2) is 0 Å². The molecule has 1 heterocycles. The molecule has 0 radical (unpaired) electrons. The molecule has 0 spiro atoms. The number of nitro groups is 1. The number of benzene rings is 1. The van der Waals surface area contributed by atoms with E-state index in [1.54, 1.807) is 22.6 Å². The number of halogens is 2. The molecule has 7 nitrogen and oxygen atoms in total. The molecule has 1 aromatic rings. The molecule has 2 amide bonds. The lowest BCUT2D eigenvalue weighted by Gasteiger charge is -2.22. The van der Waals surface area contributed by atoms with Gasteiger partial charge in [-0.25, -0.2) is 4.39 Å². The largest absolute Gasteiger partial charge is 0.368 e. The maximum atomic E-state index is 13.5. The third-order valence-corrected chi connectivity index (χ3v) is 3.63. The quantitative estimate of drug-likeness (QED) is 0.351. The number of hydrogen-bond acceptors (Lipinski definition) is 5. The van der Waals surface area contributed by atoms with Gasteiger partial charge in [-0.2, -0.15) is 0 Å². The monoisotopic (exact) mass is 393 g/mol. The van der Waals surface area contributed by atoms with Gasteiger partial charge < -0.3 is 5.32 Å². The number of rotatable bonds is 3. The van der Waals surface area contributed by atoms with Gasteiger partial charge in [0.05, 0.1) is 8.49 Å². The van der Waals surface area contributed by atoms with E-state index in [9.17, 15) is 24.1 Å². The van der Waals surface area contributed by atoms with Crippen LogP contribution in [0.5, 0.6) is 0 Å². The lowest BCUT2D eigenvalue weighted by Crippen LogP contribution is -2.47. The number of amides is 2. The number of piperidine rings is 1. The van der Waals surface area contributed by atoms with Crippen LogP contribution in [-0.2, 0) is 9.59 Å². The summed E-state index contributed by atoms with van der Waals surface area (Å²) < 4.78 is 13.6. The minimum Gasteiger partial charge on any atom is -0.368 e. The average molecular weight is 393 g/mol. The molecular weight excluding hydrogens is 384 g/mol. The molecule has 1 aliphatic rings. The molecule has 106 valence electrons. The molecule has 2 rings (SSSR count). The van der Waals surface area contributed by atoms with E-state index in [4.69, 9.17) is 0 Å². The zero-order chi connectivity index (χ0) is 14.9. The fraction of sp³-hybridized carbons (Fsp3) is 0.273. The topological polar surface area (TPSA) is 101 Å². The molecule has 1 aliphatic heterocycles. The summed E-state index contributed by atoms with van der Waals surface area (Å²) in [4.78, 5) is 32.9. The summed E-state index contributed by atoms with van der Waals surface area (Å²) in [5.74, 6) is -1.59. The number of imide groups is 1. The van der Waals surface area contributed by atoms with Crippen LogP contribution in [0.1, 0.15) is 12.8 Å². The summed E-state index contributed by atoms with van der Waals surface area (Å²) in [5.41, 5.74) is -0.400. The molecule has 1 aromatic carbocycles. The van der Waals surface area contributed by atoms with Crippen molar-refractivity contribution in [2.24, 2.45) is 0 Å². The molecule has 0 bridgehead atoms. The van der Waals surface area contributed by atoms with Gasteiger partial charge in [0, 0.05) is 18.6 Å². The van der Waals surface area contributed by atoms with Gasteiger partial charge in [-0.05, 0) is 29.0 Å². The van der Waals surface area contributed by atoms with E-state index in [0.717, 1.165) is 12.1 Å². The highest BCUT2D eigenvalue weighted by Gasteiger charge is 2.29. The second-order valence-corrected chi connectivity index (χ2v) is 5.35. The maximum Gasteiger partial charge on any atom is 0.293 e. The molecule has 2 N–H and O–H groups in total. The van der Waals surface area contributed by atoms with Crippen LogP contribution in [0.4, 0.5) is 15.8 Å². The van der Waals surface area contributed by atoms with Crippen molar-refractivity contribution in [3.05, 3.63) is 31.6 Å². The zero-order valence-corrected chi connectivity index (χ0v) is 12.1. The first-order valence-corrected chi connectivity index (χ1v) is 6.70. The SMILES string of the molecule is O=C1CCC(Nc2cc(F)c(I)cc2[N+](=O)[O-])C(=O)N1. The van der Waals surface area contributed by atoms with Gasteiger partial charge in [0.2, 0.25) is 11.8 Å². The molecule has 1 unspecified atom stereocenters. The van der Waals surface area contributed by atoms with Crippen molar-refractivity contribution in [1.29, 1.82) is 0 Å². The van der Waals surface area contributed by atoms with Crippen molar-refractivity contribution in [1.82, 2.24) is 5.32 Å². The van der Waals surface area contributed by atoms with Crippen LogP contribution in [0.25, 0.3) is 0 Å². The number of nitrogens with one attached hydrogen (secondary N) is 2. The Morgan fingerprint density at radius 2 is 2.15 bits per heavy atom. The average Bonchev–Trinajstić information content (AvgIpc) is 2.36. The Hall–Kier alpha value is -1.78. The highest BCUT2D eigenvalue weighted by molar-refractivity contribution is 14.1. The van der Waals surface area contributed by atoms with Crippen LogP contribution in [0, 0.1) is 19.5 Å². The molecule has 1 saturated heterocycles. The van der Waals surface area contributed by atoms with Crippen molar-refractivity contribution < 1.29 is 18.9 Å². The maximum absolute atomic E-state index is 13.5. The lowest BCUT2D eigenvalue weighted by atomic mass is 10.1. The molecule has 0 aliphatic carbocycles. The summed E-state index contributed by atoms with van der Waals surface area (Å²) in [6.45, 7) is 0. The van der Waals surface area contributed by atoms with Crippen molar-refractivity contribution in [3.63, 3.8) is 0 Å². The molecule has 0 aromatic heterocycles. The Balaban J connectivity index is 2.29. The molecule has 1 fully saturated rings. The summed E-state index contributed by atoms with van der Waals surface area (Å²) in [6, 6.07) is 1.26. The third kappa shape index (κ3) is 3.03. The molecule has 0 saturated carbocycles. The van der Waals surface area contributed by atoms with Gasteiger partial charge in [-0.15, -0.1) is 0 Å². The van der Waals surface area contributed by atoms with Crippen LogP contribution in [0.2, 0.25) is 0 Å². The Morgan fingerprint density at radius 1 is 1.45 bits per heavy atom. The standard InChI is InChI=1S/C11H9FIN3O4/c12-5-3-8(9(16(19)20)4-6(5)13)14-7-1-2-10(17)15-11(7)18/h3-4,7,14H,1-2H2,(H,15,17,18). The summed E-state index contributed by atoms with van der Waals surface area (Å²) in [6.07, 6.45) is 0.333. The number of anilines is 1. The number of nitrogens with zero attached hydrogens (tertiary/aromatic N) is 1. The smallest absolute Gasteiger partial charge is 0.293 e. The minimum absolute atomic E-state index is 0.0811. The van der Waals surface area contributed by atoms with E-state index in [-0.39, 0.29) is 27.8 Å². The first kappa shape index (κ1) is 14.6. The fourth-order valence-corrected chi connectivity index (χ4v) is 2.27. The van der Waals surface area contributed by atoms with E-state index in [1.165, 1.54) is 0 Å². The number of carbonyl (C=O) groups is 2. The van der Waals surface area contributed by atoms with Gasteiger partial charge in [-0.3, -0.25) is 25.0 Å². The van der Waals surface area contributed by atoms with Gasteiger partial charge >= 0.3 is 0 Å². The Kier molecular flexibility index (Phi) is 4.16. The highest BCUT2D eigenvalue weighted by atomic mass is 127. The second kappa shape index (κ2) is 5.69. The lowest BCUT2D eigenvalue weighted by molar-refractivity contribution is -0.384. The highest BCUT2D eigenvalue weighted by Crippen LogP contribution is 2.29. The Bertz CT molecular complexity index is 608. The number of hydrogen-bond donors (Lipinski definition) is 2. The molecular formula is C11H9FIN3O4. The van der Waals surface area contributed by atoms with E-state index in [2.05, 4.69) is 10.6 Å². The molecule has 1 atom stereocenters. The van der Waals surface area contributed by atoms with Gasteiger partial charge in [0.1, 0.15) is 17.5 Å². The minimum atomic E-state index is -0.800. The Morgan fingerprint density at radius 3 is 2.75 bits per heavy atom. The predicted octanol–water partition coefficient (Wildman–Crippen LogP) is 1.56.